The second kappa shape index (κ2) is 6.91. The standard InChI is InChI=1S/C7H14N2S/c1-3-7(6-10-2)9-5-4-8/h7,9H,3,5-6H2,1-2H3. The third-order valence-corrected chi connectivity index (χ3v) is 2.07. The van der Waals surface area contributed by atoms with Crippen LogP contribution in [0, 0.1) is 11.3 Å². The van der Waals surface area contributed by atoms with E-state index >= 15 is 0 Å². The fourth-order valence-corrected chi connectivity index (χ4v) is 1.47. The Morgan fingerprint density at radius 2 is 2.40 bits per heavy atom. The lowest BCUT2D eigenvalue weighted by atomic mass is 10.2. The van der Waals surface area contributed by atoms with E-state index < -0.39 is 0 Å². The summed E-state index contributed by atoms with van der Waals surface area (Å²) in [7, 11) is 0. The largest absolute Gasteiger partial charge is 0.301 e. The highest BCUT2D eigenvalue weighted by Crippen LogP contribution is 1.99. The third-order valence-electron chi connectivity index (χ3n) is 1.33. The highest BCUT2D eigenvalue weighted by atomic mass is 32.2. The lowest BCUT2D eigenvalue weighted by Gasteiger charge is -2.12. The number of thioether (sulfide) groups is 1. The SMILES string of the molecule is CCC(CSC)NCC#N. The van der Waals surface area contributed by atoms with E-state index in [9.17, 15) is 0 Å². The second-order valence-electron chi connectivity index (χ2n) is 2.10. The molecule has 0 fully saturated rings. The Labute approximate surface area is 67.0 Å². The van der Waals surface area contributed by atoms with Gasteiger partial charge in [-0.2, -0.15) is 17.0 Å². The average molecular weight is 158 g/mol. The molecule has 0 aliphatic rings. The van der Waals surface area contributed by atoms with E-state index in [-0.39, 0.29) is 0 Å². The van der Waals surface area contributed by atoms with E-state index in [1.54, 1.807) is 0 Å². The van der Waals surface area contributed by atoms with Gasteiger partial charge in [0.25, 0.3) is 0 Å². The fourth-order valence-electron chi connectivity index (χ4n) is 0.712. The molecule has 1 N–H and O–H groups in total. The zero-order valence-corrected chi connectivity index (χ0v) is 7.37. The van der Waals surface area contributed by atoms with Gasteiger partial charge in [-0.05, 0) is 12.7 Å². The van der Waals surface area contributed by atoms with Gasteiger partial charge in [0.15, 0.2) is 0 Å². The van der Waals surface area contributed by atoms with Crippen molar-refractivity contribution >= 4 is 11.8 Å². The molecule has 0 aromatic carbocycles. The Morgan fingerprint density at radius 3 is 2.80 bits per heavy atom. The van der Waals surface area contributed by atoms with Crippen molar-refractivity contribution in [1.82, 2.24) is 5.32 Å². The van der Waals surface area contributed by atoms with E-state index in [0.717, 1.165) is 12.2 Å². The maximum absolute atomic E-state index is 8.26. The molecule has 10 heavy (non-hydrogen) atoms. The van der Waals surface area contributed by atoms with Crippen LogP contribution < -0.4 is 5.32 Å². The van der Waals surface area contributed by atoms with Crippen LogP contribution in [0.5, 0.6) is 0 Å². The molecule has 0 amide bonds. The summed E-state index contributed by atoms with van der Waals surface area (Å²) in [5, 5.41) is 11.4. The summed E-state index contributed by atoms with van der Waals surface area (Å²) in [4.78, 5) is 0. The molecule has 0 aromatic heterocycles. The minimum atomic E-state index is 0.471. The Bertz CT molecular complexity index is 109. The van der Waals surface area contributed by atoms with Gasteiger partial charge in [0.1, 0.15) is 0 Å². The fraction of sp³-hybridized carbons (Fsp3) is 0.857. The molecule has 3 heteroatoms. The van der Waals surface area contributed by atoms with Crippen molar-refractivity contribution in [2.75, 3.05) is 18.6 Å². The number of nitrogens with one attached hydrogen (secondary N) is 1. The van der Waals surface area contributed by atoms with Crippen LogP contribution in [0.1, 0.15) is 13.3 Å². The predicted octanol–water partition coefficient (Wildman–Crippen LogP) is 1.24. The van der Waals surface area contributed by atoms with Crippen molar-refractivity contribution < 1.29 is 0 Å². The molecule has 0 aliphatic carbocycles. The first-order chi connectivity index (χ1) is 4.85. The van der Waals surface area contributed by atoms with Crippen LogP contribution in [0.3, 0.4) is 0 Å². The molecule has 1 unspecified atom stereocenters. The van der Waals surface area contributed by atoms with Gasteiger partial charge in [0.05, 0.1) is 12.6 Å². The Morgan fingerprint density at radius 1 is 1.70 bits per heavy atom. The number of hydrogen-bond donors (Lipinski definition) is 1. The second-order valence-corrected chi connectivity index (χ2v) is 3.01. The van der Waals surface area contributed by atoms with Gasteiger partial charge in [0, 0.05) is 11.8 Å². The first kappa shape index (κ1) is 9.80. The monoisotopic (exact) mass is 158 g/mol. The molecule has 0 aromatic rings. The van der Waals surface area contributed by atoms with Gasteiger partial charge < -0.3 is 5.32 Å². The molecule has 0 bridgehead atoms. The van der Waals surface area contributed by atoms with E-state index in [1.165, 1.54) is 0 Å². The van der Waals surface area contributed by atoms with Crippen LogP contribution >= 0.6 is 11.8 Å². The number of nitrogens with zero attached hydrogens (tertiary/aromatic N) is 1. The number of nitriles is 1. The van der Waals surface area contributed by atoms with Crippen molar-refractivity contribution in [3.63, 3.8) is 0 Å². The lowest BCUT2D eigenvalue weighted by Crippen LogP contribution is -2.30. The molecule has 1 atom stereocenters. The zero-order valence-electron chi connectivity index (χ0n) is 6.55. The van der Waals surface area contributed by atoms with E-state index in [1.807, 2.05) is 11.8 Å². The van der Waals surface area contributed by atoms with Crippen molar-refractivity contribution in [2.24, 2.45) is 0 Å². The zero-order chi connectivity index (χ0) is 7.82. The van der Waals surface area contributed by atoms with Gasteiger partial charge in [-0.15, -0.1) is 0 Å². The highest BCUT2D eigenvalue weighted by Gasteiger charge is 2.01. The summed E-state index contributed by atoms with van der Waals surface area (Å²) in [6, 6.07) is 2.58. The summed E-state index contributed by atoms with van der Waals surface area (Å²) < 4.78 is 0. The molecule has 0 heterocycles. The van der Waals surface area contributed by atoms with Crippen molar-refractivity contribution in [3.8, 4) is 6.07 Å². The van der Waals surface area contributed by atoms with Crippen LogP contribution in [0.4, 0.5) is 0 Å². The lowest BCUT2D eigenvalue weighted by molar-refractivity contribution is 0.578. The smallest absolute Gasteiger partial charge is 0.0843 e. The van der Waals surface area contributed by atoms with E-state index in [2.05, 4.69) is 24.6 Å². The van der Waals surface area contributed by atoms with Gasteiger partial charge in [-0.3, -0.25) is 0 Å². The van der Waals surface area contributed by atoms with E-state index in [4.69, 9.17) is 5.26 Å². The molecular weight excluding hydrogens is 144 g/mol. The van der Waals surface area contributed by atoms with E-state index in [0.29, 0.717) is 12.6 Å². The maximum atomic E-state index is 8.26. The van der Waals surface area contributed by atoms with Gasteiger partial charge in [0.2, 0.25) is 0 Å². The summed E-state index contributed by atoms with van der Waals surface area (Å²) in [5.74, 6) is 1.10. The summed E-state index contributed by atoms with van der Waals surface area (Å²) >= 11 is 1.81. The third kappa shape index (κ3) is 4.66. The Hall–Kier alpha value is -0.200. The van der Waals surface area contributed by atoms with Crippen molar-refractivity contribution in [1.29, 1.82) is 5.26 Å². The molecule has 58 valence electrons. The average Bonchev–Trinajstić information content (AvgIpc) is 1.98. The highest BCUT2D eigenvalue weighted by molar-refractivity contribution is 7.98. The van der Waals surface area contributed by atoms with Crippen LogP contribution in [-0.4, -0.2) is 24.6 Å². The molecule has 0 spiro atoms. The minimum absolute atomic E-state index is 0.471. The molecule has 0 radical (unpaired) electrons. The quantitative estimate of drug-likeness (QED) is 0.611. The first-order valence-corrected chi connectivity index (χ1v) is 4.83. The van der Waals surface area contributed by atoms with Crippen molar-refractivity contribution in [3.05, 3.63) is 0 Å². The topological polar surface area (TPSA) is 35.8 Å². The number of hydrogen-bond acceptors (Lipinski definition) is 3. The molecule has 0 rings (SSSR count). The maximum Gasteiger partial charge on any atom is 0.0843 e. The molecule has 0 saturated carbocycles. The van der Waals surface area contributed by atoms with Crippen LogP contribution in [-0.2, 0) is 0 Å². The van der Waals surface area contributed by atoms with Crippen LogP contribution in [0.15, 0.2) is 0 Å². The van der Waals surface area contributed by atoms with Crippen LogP contribution in [0.25, 0.3) is 0 Å². The molecule has 2 nitrogen and oxygen atoms in total. The summed E-state index contributed by atoms with van der Waals surface area (Å²) in [5.41, 5.74) is 0. The normalized spacial score (nSPS) is 12.5. The Kier molecular flexibility index (Phi) is 6.78. The molecular formula is C7H14N2S. The minimum Gasteiger partial charge on any atom is -0.301 e. The predicted molar refractivity (Wildman–Crippen MR) is 46.1 cm³/mol. The molecule has 0 saturated heterocycles. The summed E-state index contributed by atoms with van der Waals surface area (Å²) in [6.07, 6.45) is 3.18. The first-order valence-electron chi connectivity index (χ1n) is 3.44. The van der Waals surface area contributed by atoms with Crippen molar-refractivity contribution in [2.45, 2.75) is 19.4 Å². The number of rotatable bonds is 5. The Balaban J connectivity index is 3.32. The molecule has 0 aliphatic heterocycles. The van der Waals surface area contributed by atoms with Gasteiger partial charge >= 0.3 is 0 Å². The van der Waals surface area contributed by atoms with Crippen LogP contribution in [0.2, 0.25) is 0 Å². The van der Waals surface area contributed by atoms with Gasteiger partial charge in [-0.1, -0.05) is 6.92 Å². The van der Waals surface area contributed by atoms with Gasteiger partial charge in [-0.25, -0.2) is 0 Å². The summed E-state index contributed by atoms with van der Waals surface area (Å²) in [6.45, 7) is 2.60.